The molecule has 1 aromatic rings. The molecule has 0 fully saturated rings. The molecule has 0 aliphatic heterocycles. The largest absolute Gasteiger partial charge is 0.376 e. The average Bonchev–Trinajstić information content (AvgIpc) is 2.37. The topological polar surface area (TPSA) is 21.3 Å². The van der Waals surface area contributed by atoms with E-state index in [9.17, 15) is 0 Å². The van der Waals surface area contributed by atoms with Crippen LogP contribution in [0, 0.1) is 5.41 Å². The summed E-state index contributed by atoms with van der Waals surface area (Å²) in [5.74, 6) is 0. The molecule has 1 N–H and O–H groups in total. The summed E-state index contributed by atoms with van der Waals surface area (Å²) in [5, 5.41) is 3.60. The van der Waals surface area contributed by atoms with Crippen molar-refractivity contribution in [1.82, 2.24) is 5.32 Å². The van der Waals surface area contributed by atoms with Crippen LogP contribution in [0.5, 0.6) is 0 Å². The van der Waals surface area contributed by atoms with E-state index >= 15 is 0 Å². The van der Waals surface area contributed by atoms with E-state index < -0.39 is 0 Å². The molecule has 2 unspecified atom stereocenters. The highest BCUT2D eigenvalue weighted by Crippen LogP contribution is 2.27. The first-order valence-electron chi connectivity index (χ1n) is 7.47. The maximum Gasteiger partial charge on any atom is 0.0779 e. The number of nitrogens with one attached hydrogen (secondary N) is 1. The van der Waals surface area contributed by atoms with Crippen molar-refractivity contribution in [2.24, 2.45) is 5.41 Å². The maximum atomic E-state index is 6.05. The number of hydrogen-bond acceptors (Lipinski definition) is 2. The lowest BCUT2D eigenvalue weighted by atomic mass is 9.82. The quantitative estimate of drug-likeness (QED) is 0.792. The third-order valence-corrected chi connectivity index (χ3v) is 3.93. The summed E-state index contributed by atoms with van der Waals surface area (Å²) in [5.41, 5.74) is 1.46. The van der Waals surface area contributed by atoms with Gasteiger partial charge >= 0.3 is 0 Å². The lowest BCUT2D eigenvalue weighted by Gasteiger charge is -2.37. The van der Waals surface area contributed by atoms with Crippen molar-refractivity contribution in [2.75, 3.05) is 13.2 Å². The predicted octanol–water partition coefficient (Wildman–Crippen LogP) is 4.42. The van der Waals surface area contributed by atoms with Crippen molar-refractivity contribution in [1.29, 1.82) is 0 Å². The smallest absolute Gasteiger partial charge is 0.0779 e. The Balaban J connectivity index is 2.87. The maximum absolute atomic E-state index is 6.05. The van der Waals surface area contributed by atoms with Crippen LogP contribution in [0.25, 0.3) is 0 Å². The van der Waals surface area contributed by atoms with Crippen LogP contribution in [0.3, 0.4) is 0 Å². The minimum atomic E-state index is 0.123. The van der Waals surface area contributed by atoms with Crippen molar-refractivity contribution < 1.29 is 4.74 Å². The fourth-order valence-corrected chi connectivity index (χ4v) is 2.84. The van der Waals surface area contributed by atoms with Gasteiger partial charge in [0.15, 0.2) is 0 Å². The third-order valence-electron chi connectivity index (χ3n) is 3.40. The van der Waals surface area contributed by atoms with Crippen molar-refractivity contribution >= 4 is 15.9 Å². The zero-order valence-corrected chi connectivity index (χ0v) is 15.0. The normalized spacial score (nSPS) is 15.1. The van der Waals surface area contributed by atoms with E-state index in [2.05, 4.69) is 80.1 Å². The highest BCUT2D eigenvalue weighted by molar-refractivity contribution is 9.10. The van der Waals surface area contributed by atoms with Gasteiger partial charge in [-0.25, -0.2) is 0 Å². The Kier molecular flexibility index (Phi) is 7.21. The Bertz CT molecular complexity index is 383. The summed E-state index contributed by atoms with van der Waals surface area (Å²) >= 11 is 3.49. The first-order chi connectivity index (χ1) is 9.38. The molecular formula is C17H28BrNO. The fraction of sp³-hybridized carbons (Fsp3) is 0.647. The molecule has 0 aromatic heterocycles. The van der Waals surface area contributed by atoms with Crippen LogP contribution >= 0.6 is 15.9 Å². The monoisotopic (exact) mass is 341 g/mol. The molecule has 0 amide bonds. The van der Waals surface area contributed by atoms with E-state index in [-0.39, 0.29) is 11.5 Å². The molecule has 0 aliphatic carbocycles. The van der Waals surface area contributed by atoms with Gasteiger partial charge in [-0.15, -0.1) is 0 Å². The van der Waals surface area contributed by atoms with Crippen LogP contribution in [0.2, 0.25) is 0 Å². The fourth-order valence-electron chi connectivity index (χ4n) is 2.57. The summed E-state index contributed by atoms with van der Waals surface area (Å²) < 4.78 is 7.17. The standard InChI is InChI=1S/C17H28BrNO/c1-6-19-15(16(20-7-2)17(3,4)5)12-13-8-10-14(18)11-9-13/h8-11,15-16,19H,6-7,12H2,1-5H3. The van der Waals surface area contributed by atoms with Gasteiger partial charge < -0.3 is 10.1 Å². The van der Waals surface area contributed by atoms with Gasteiger partial charge in [0.2, 0.25) is 0 Å². The molecule has 2 nitrogen and oxygen atoms in total. The summed E-state index contributed by atoms with van der Waals surface area (Å²) in [6.45, 7) is 12.7. The average molecular weight is 342 g/mol. The van der Waals surface area contributed by atoms with Crippen LogP contribution in [0.1, 0.15) is 40.2 Å². The highest BCUT2D eigenvalue weighted by atomic mass is 79.9. The van der Waals surface area contributed by atoms with Crippen molar-refractivity contribution in [3.63, 3.8) is 0 Å². The van der Waals surface area contributed by atoms with Crippen LogP contribution in [0.4, 0.5) is 0 Å². The highest BCUT2D eigenvalue weighted by Gasteiger charge is 2.32. The molecule has 0 bridgehead atoms. The van der Waals surface area contributed by atoms with Crippen LogP contribution in [-0.2, 0) is 11.2 Å². The van der Waals surface area contributed by atoms with Crippen molar-refractivity contribution in [3.8, 4) is 0 Å². The Morgan fingerprint density at radius 2 is 1.75 bits per heavy atom. The van der Waals surface area contributed by atoms with Crippen molar-refractivity contribution in [3.05, 3.63) is 34.3 Å². The second kappa shape index (κ2) is 8.16. The number of ether oxygens (including phenoxy) is 1. The second-order valence-corrected chi connectivity index (χ2v) is 7.15. The lowest BCUT2D eigenvalue weighted by Crippen LogP contribution is -2.49. The van der Waals surface area contributed by atoms with Crippen LogP contribution < -0.4 is 5.32 Å². The number of halogens is 1. The zero-order valence-electron chi connectivity index (χ0n) is 13.4. The number of rotatable bonds is 7. The van der Waals surface area contributed by atoms with Gasteiger partial charge in [0, 0.05) is 17.1 Å². The second-order valence-electron chi connectivity index (χ2n) is 6.24. The van der Waals surface area contributed by atoms with E-state index in [1.54, 1.807) is 0 Å². The molecule has 1 rings (SSSR count). The molecule has 0 aliphatic rings. The molecule has 0 heterocycles. The summed E-state index contributed by atoms with van der Waals surface area (Å²) in [6.07, 6.45) is 1.19. The van der Waals surface area contributed by atoms with Gasteiger partial charge in [-0.05, 0) is 43.0 Å². The SMILES string of the molecule is CCNC(Cc1ccc(Br)cc1)C(OCC)C(C)(C)C. The zero-order chi connectivity index (χ0) is 15.2. The van der Waals surface area contributed by atoms with Crippen LogP contribution in [0.15, 0.2) is 28.7 Å². The Morgan fingerprint density at radius 1 is 1.15 bits per heavy atom. The van der Waals surface area contributed by atoms with Gasteiger partial charge in [0.25, 0.3) is 0 Å². The molecule has 20 heavy (non-hydrogen) atoms. The van der Waals surface area contributed by atoms with Crippen LogP contribution in [-0.4, -0.2) is 25.3 Å². The molecular weight excluding hydrogens is 314 g/mol. The van der Waals surface area contributed by atoms with Gasteiger partial charge in [-0.1, -0.05) is 55.8 Å². The molecule has 114 valence electrons. The lowest BCUT2D eigenvalue weighted by molar-refractivity contribution is -0.0352. The molecule has 3 heteroatoms. The minimum Gasteiger partial charge on any atom is -0.376 e. The van der Waals surface area contributed by atoms with E-state index in [4.69, 9.17) is 4.74 Å². The van der Waals surface area contributed by atoms with Gasteiger partial charge in [-0.3, -0.25) is 0 Å². The third kappa shape index (κ3) is 5.55. The molecule has 1 aromatic carbocycles. The van der Waals surface area contributed by atoms with Crippen molar-refractivity contribution in [2.45, 2.75) is 53.2 Å². The number of hydrogen-bond donors (Lipinski definition) is 1. The molecule has 0 radical (unpaired) electrons. The molecule has 0 saturated heterocycles. The van der Waals surface area contributed by atoms with E-state index in [1.807, 2.05) is 0 Å². The Labute approximate surface area is 132 Å². The Morgan fingerprint density at radius 3 is 2.20 bits per heavy atom. The number of benzene rings is 1. The van der Waals surface area contributed by atoms with E-state index in [0.717, 1.165) is 24.0 Å². The van der Waals surface area contributed by atoms with E-state index in [1.165, 1.54) is 5.56 Å². The number of likely N-dealkylation sites (N-methyl/N-ethyl adjacent to an activating group) is 1. The molecule has 0 spiro atoms. The van der Waals surface area contributed by atoms with Gasteiger partial charge in [0.05, 0.1) is 6.10 Å². The summed E-state index contributed by atoms with van der Waals surface area (Å²) in [7, 11) is 0. The first-order valence-corrected chi connectivity index (χ1v) is 8.27. The van der Waals surface area contributed by atoms with E-state index in [0.29, 0.717) is 6.04 Å². The summed E-state index contributed by atoms with van der Waals surface area (Å²) in [6, 6.07) is 8.90. The first kappa shape index (κ1) is 17.7. The Hall–Kier alpha value is -0.380. The molecule has 2 atom stereocenters. The predicted molar refractivity (Wildman–Crippen MR) is 90.2 cm³/mol. The van der Waals surface area contributed by atoms with Gasteiger partial charge in [0.1, 0.15) is 0 Å². The summed E-state index contributed by atoms with van der Waals surface area (Å²) in [4.78, 5) is 0. The minimum absolute atomic E-state index is 0.123. The molecule has 0 saturated carbocycles. The van der Waals surface area contributed by atoms with Gasteiger partial charge in [-0.2, -0.15) is 0 Å².